The number of methoxy groups -OCH3 is 1. The molecule has 8 heteroatoms. The van der Waals surface area contributed by atoms with E-state index in [1.807, 2.05) is 12.1 Å². The summed E-state index contributed by atoms with van der Waals surface area (Å²) in [7, 11) is 3.21. The summed E-state index contributed by atoms with van der Waals surface area (Å²) in [5.41, 5.74) is 1.45. The quantitative estimate of drug-likeness (QED) is 0.373. The number of hydrogen-bond acceptors (Lipinski definition) is 3. The molecule has 1 aromatic rings. The summed E-state index contributed by atoms with van der Waals surface area (Å²) in [6, 6.07) is 8.45. The largest absolute Gasteiger partial charge is 0.453 e. The van der Waals surface area contributed by atoms with Gasteiger partial charge in [-0.05, 0) is 43.4 Å². The molecule has 0 aromatic heterocycles. The van der Waals surface area contributed by atoms with Gasteiger partial charge in [-0.2, -0.15) is 0 Å². The first-order valence-corrected chi connectivity index (χ1v) is 9.50. The van der Waals surface area contributed by atoms with Crippen LogP contribution in [0.4, 0.5) is 4.79 Å². The van der Waals surface area contributed by atoms with Crippen molar-refractivity contribution in [3.63, 3.8) is 0 Å². The van der Waals surface area contributed by atoms with Crippen molar-refractivity contribution < 1.29 is 9.53 Å². The zero-order valence-corrected chi connectivity index (χ0v) is 18.9. The third kappa shape index (κ3) is 5.63. The third-order valence-corrected chi connectivity index (χ3v) is 5.61. The number of amides is 1. The zero-order chi connectivity index (χ0) is 18.6. The highest BCUT2D eigenvalue weighted by molar-refractivity contribution is 14.0. The van der Waals surface area contributed by atoms with Gasteiger partial charge in [0, 0.05) is 43.2 Å². The first-order valence-electron chi connectivity index (χ1n) is 9.12. The smallest absolute Gasteiger partial charge is 0.409 e. The molecule has 1 saturated heterocycles. The van der Waals surface area contributed by atoms with Crippen molar-refractivity contribution >= 4 is 47.6 Å². The first-order chi connectivity index (χ1) is 12.6. The van der Waals surface area contributed by atoms with Gasteiger partial charge in [-0.1, -0.05) is 23.7 Å². The highest BCUT2D eigenvalue weighted by Gasteiger charge is 2.44. The summed E-state index contributed by atoms with van der Waals surface area (Å²) >= 11 is 6.15. The molecule has 0 radical (unpaired) electrons. The van der Waals surface area contributed by atoms with E-state index in [-0.39, 0.29) is 35.5 Å². The van der Waals surface area contributed by atoms with Crippen LogP contribution in [0.25, 0.3) is 0 Å². The van der Waals surface area contributed by atoms with E-state index in [4.69, 9.17) is 16.3 Å². The number of halogens is 2. The minimum atomic E-state index is -0.247. The average molecular weight is 507 g/mol. The maximum atomic E-state index is 11.6. The Hall–Kier alpha value is -1.22. The lowest BCUT2D eigenvalue weighted by atomic mass is 9.96. The van der Waals surface area contributed by atoms with E-state index in [0.717, 1.165) is 43.2 Å². The summed E-state index contributed by atoms with van der Waals surface area (Å²) in [6.07, 6.45) is 3.84. The molecular formula is C19H28ClIN4O2. The van der Waals surface area contributed by atoms with Gasteiger partial charge in [-0.15, -0.1) is 24.0 Å². The summed E-state index contributed by atoms with van der Waals surface area (Å²) in [6.45, 7) is 2.25. The average Bonchev–Trinajstić information content (AvgIpc) is 3.46. The van der Waals surface area contributed by atoms with Gasteiger partial charge in [0.2, 0.25) is 0 Å². The molecule has 2 aliphatic rings. The molecule has 150 valence electrons. The molecule has 2 N–H and O–H groups in total. The van der Waals surface area contributed by atoms with Crippen molar-refractivity contribution in [2.24, 2.45) is 4.99 Å². The Balaban J connectivity index is 0.00000261. The molecule has 3 rings (SSSR count). The number of piperidine rings is 1. The number of ether oxygens (including phenoxy) is 1. The molecule has 1 aromatic carbocycles. The lowest BCUT2D eigenvalue weighted by Crippen LogP contribution is -2.50. The summed E-state index contributed by atoms with van der Waals surface area (Å²) in [5.74, 6) is 0.815. The molecule has 2 fully saturated rings. The number of nitrogens with one attached hydrogen (secondary N) is 2. The summed E-state index contributed by atoms with van der Waals surface area (Å²) in [4.78, 5) is 17.7. The molecule has 1 heterocycles. The minimum absolute atomic E-state index is 0. The first kappa shape index (κ1) is 22.1. The van der Waals surface area contributed by atoms with E-state index in [1.165, 1.54) is 12.7 Å². The Morgan fingerprint density at radius 3 is 2.63 bits per heavy atom. The van der Waals surface area contributed by atoms with Crippen molar-refractivity contribution in [1.29, 1.82) is 0 Å². The van der Waals surface area contributed by atoms with Crippen LogP contribution in [0.15, 0.2) is 29.3 Å². The Morgan fingerprint density at radius 1 is 1.37 bits per heavy atom. The molecular weight excluding hydrogens is 479 g/mol. The highest BCUT2D eigenvalue weighted by Crippen LogP contribution is 2.48. The van der Waals surface area contributed by atoms with Crippen molar-refractivity contribution in [2.45, 2.75) is 37.1 Å². The Kier molecular flexibility index (Phi) is 8.03. The number of rotatable bonds is 4. The van der Waals surface area contributed by atoms with Crippen LogP contribution in [0.5, 0.6) is 0 Å². The van der Waals surface area contributed by atoms with Crippen molar-refractivity contribution in [2.75, 3.05) is 33.8 Å². The van der Waals surface area contributed by atoms with E-state index in [9.17, 15) is 4.79 Å². The normalized spacial score (nSPS) is 19.1. The maximum absolute atomic E-state index is 11.6. The van der Waals surface area contributed by atoms with Crippen LogP contribution < -0.4 is 10.6 Å². The number of likely N-dealkylation sites (tertiary alicyclic amines) is 1. The van der Waals surface area contributed by atoms with E-state index < -0.39 is 0 Å². The predicted molar refractivity (Wildman–Crippen MR) is 119 cm³/mol. The fourth-order valence-electron chi connectivity index (χ4n) is 3.51. The number of carbonyl (C=O) groups is 1. The number of aliphatic imine (C=N–C) groups is 1. The molecule has 1 saturated carbocycles. The van der Waals surface area contributed by atoms with E-state index >= 15 is 0 Å². The van der Waals surface area contributed by atoms with Crippen molar-refractivity contribution in [1.82, 2.24) is 15.5 Å². The summed E-state index contributed by atoms with van der Waals surface area (Å²) in [5, 5.41) is 7.74. The third-order valence-electron chi connectivity index (χ3n) is 5.38. The maximum Gasteiger partial charge on any atom is 0.409 e. The number of hydrogen-bond donors (Lipinski definition) is 2. The Labute approximate surface area is 183 Å². The summed E-state index contributed by atoms with van der Waals surface area (Å²) < 4.78 is 4.78. The molecule has 6 nitrogen and oxygen atoms in total. The number of guanidine groups is 1. The van der Waals surface area contributed by atoms with Crippen LogP contribution in [-0.2, 0) is 10.2 Å². The standard InChI is InChI=1S/C19H27ClN4O2.HI/c1-21-17(23-16-6-10-24(11-7-16)18(25)26-2)22-13-19(8-9-19)14-4-3-5-15(20)12-14;/h3-5,12,16H,6-11,13H2,1-2H3,(H2,21,22,23);1H. The van der Waals surface area contributed by atoms with E-state index in [2.05, 4.69) is 27.8 Å². The Bertz CT molecular complexity index is 673. The SMILES string of the molecule is CN=C(NCC1(c2cccc(Cl)c2)CC1)NC1CCN(C(=O)OC)CC1.I. The van der Waals surface area contributed by atoms with Crippen LogP contribution in [0.3, 0.4) is 0 Å². The van der Waals surface area contributed by atoms with Gasteiger partial charge in [0.1, 0.15) is 0 Å². The van der Waals surface area contributed by atoms with Crippen LogP contribution in [0, 0.1) is 0 Å². The molecule has 1 aliphatic heterocycles. The van der Waals surface area contributed by atoms with Gasteiger partial charge in [0.25, 0.3) is 0 Å². The second kappa shape index (κ2) is 9.82. The zero-order valence-electron chi connectivity index (χ0n) is 15.8. The van der Waals surface area contributed by atoms with Gasteiger partial charge in [0.15, 0.2) is 5.96 Å². The topological polar surface area (TPSA) is 66.0 Å². The lowest BCUT2D eigenvalue weighted by Gasteiger charge is -2.32. The minimum Gasteiger partial charge on any atom is -0.453 e. The van der Waals surface area contributed by atoms with Crippen LogP contribution >= 0.6 is 35.6 Å². The fourth-order valence-corrected chi connectivity index (χ4v) is 3.70. The molecule has 0 atom stereocenters. The molecule has 1 amide bonds. The molecule has 1 aliphatic carbocycles. The highest BCUT2D eigenvalue weighted by atomic mass is 127. The number of carbonyl (C=O) groups excluding carboxylic acids is 1. The van der Waals surface area contributed by atoms with Gasteiger partial charge in [0.05, 0.1) is 7.11 Å². The van der Waals surface area contributed by atoms with Gasteiger partial charge >= 0.3 is 6.09 Å². The molecule has 0 unspecified atom stereocenters. The lowest BCUT2D eigenvalue weighted by molar-refractivity contribution is 0.111. The van der Waals surface area contributed by atoms with E-state index in [1.54, 1.807) is 11.9 Å². The van der Waals surface area contributed by atoms with Crippen LogP contribution in [0.2, 0.25) is 5.02 Å². The molecule has 27 heavy (non-hydrogen) atoms. The van der Waals surface area contributed by atoms with Crippen LogP contribution in [0.1, 0.15) is 31.2 Å². The second-order valence-electron chi connectivity index (χ2n) is 7.09. The molecule has 0 bridgehead atoms. The van der Waals surface area contributed by atoms with Crippen molar-refractivity contribution in [3.8, 4) is 0 Å². The number of benzene rings is 1. The fraction of sp³-hybridized carbons (Fsp3) is 0.579. The van der Waals surface area contributed by atoms with Crippen LogP contribution in [-0.4, -0.2) is 56.8 Å². The van der Waals surface area contributed by atoms with Gasteiger partial charge in [-0.25, -0.2) is 4.79 Å². The Morgan fingerprint density at radius 2 is 2.07 bits per heavy atom. The number of nitrogens with zero attached hydrogens (tertiary/aromatic N) is 2. The van der Waals surface area contributed by atoms with E-state index in [0.29, 0.717) is 19.1 Å². The second-order valence-corrected chi connectivity index (χ2v) is 7.53. The monoisotopic (exact) mass is 506 g/mol. The van der Waals surface area contributed by atoms with Gasteiger partial charge in [-0.3, -0.25) is 4.99 Å². The predicted octanol–water partition coefficient (Wildman–Crippen LogP) is 3.39. The van der Waals surface area contributed by atoms with Gasteiger partial charge < -0.3 is 20.3 Å². The molecule has 0 spiro atoms. The van der Waals surface area contributed by atoms with Crippen molar-refractivity contribution in [3.05, 3.63) is 34.9 Å².